The number of halogens is 1. The van der Waals surface area contributed by atoms with Crippen LogP contribution in [-0.4, -0.2) is 32.7 Å². The van der Waals surface area contributed by atoms with Crippen molar-refractivity contribution < 1.29 is 4.79 Å². The molecule has 2 N–H and O–H groups in total. The average Bonchev–Trinajstić information content (AvgIpc) is 3.37. The monoisotopic (exact) mass is 368 g/mol. The van der Waals surface area contributed by atoms with Gasteiger partial charge in [0.2, 0.25) is 5.91 Å². The molecule has 0 bridgehead atoms. The van der Waals surface area contributed by atoms with Gasteiger partial charge >= 0.3 is 0 Å². The maximum atomic E-state index is 12.1. The lowest BCUT2D eigenvalue weighted by Gasteiger charge is -2.09. The van der Waals surface area contributed by atoms with Crippen LogP contribution in [0.4, 0.5) is 11.4 Å². The quantitative estimate of drug-likeness (QED) is 0.696. The molecule has 8 heteroatoms. The van der Waals surface area contributed by atoms with Crippen molar-refractivity contribution in [1.29, 1.82) is 0 Å². The van der Waals surface area contributed by atoms with Crippen molar-refractivity contribution in [3.8, 4) is 11.4 Å². The third kappa shape index (κ3) is 3.83. The molecule has 0 aliphatic heterocycles. The van der Waals surface area contributed by atoms with Crippen molar-refractivity contribution in [2.75, 3.05) is 17.2 Å². The normalized spacial score (nSPS) is 13.4. The van der Waals surface area contributed by atoms with Crippen molar-refractivity contribution in [2.45, 2.75) is 18.9 Å². The van der Waals surface area contributed by atoms with Crippen LogP contribution >= 0.6 is 11.6 Å². The van der Waals surface area contributed by atoms with E-state index in [0.29, 0.717) is 16.8 Å². The molecule has 132 valence electrons. The first kappa shape index (κ1) is 16.5. The highest BCUT2D eigenvalue weighted by atomic mass is 35.5. The Morgan fingerprint density at radius 2 is 1.96 bits per heavy atom. The van der Waals surface area contributed by atoms with E-state index in [1.807, 2.05) is 28.9 Å². The maximum absolute atomic E-state index is 12.1. The Morgan fingerprint density at radius 3 is 2.77 bits per heavy atom. The summed E-state index contributed by atoms with van der Waals surface area (Å²) in [5.74, 6) is 0.597. The van der Waals surface area contributed by atoms with Crippen molar-refractivity contribution in [1.82, 2.24) is 20.2 Å². The zero-order valence-electron chi connectivity index (χ0n) is 13.9. The first-order chi connectivity index (χ1) is 12.7. The van der Waals surface area contributed by atoms with Gasteiger partial charge in [-0.15, -0.1) is 5.10 Å². The number of rotatable bonds is 6. The number of nitrogens with one attached hydrogen (secondary N) is 2. The predicted octanol–water partition coefficient (Wildman–Crippen LogP) is 3.38. The molecule has 4 rings (SSSR count). The van der Waals surface area contributed by atoms with Gasteiger partial charge in [-0.3, -0.25) is 4.79 Å². The summed E-state index contributed by atoms with van der Waals surface area (Å²) in [6.07, 6.45) is 2.22. The number of benzene rings is 2. The fourth-order valence-corrected chi connectivity index (χ4v) is 2.86. The molecule has 1 aliphatic rings. The number of amides is 1. The van der Waals surface area contributed by atoms with Crippen molar-refractivity contribution >= 4 is 28.9 Å². The van der Waals surface area contributed by atoms with E-state index in [4.69, 9.17) is 11.6 Å². The van der Waals surface area contributed by atoms with E-state index >= 15 is 0 Å². The minimum absolute atomic E-state index is 0.142. The third-order valence-electron chi connectivity index (χ3n) is 4.07. The number of nitrogens with zero attached hydrogens (tertiary/aromatic N) is 4. The van der Waals surface area contributed by atoms with Gasteiger partial charge in [-0.2, -0.15) is 0 Å². The van der Waals surface area contributed by atoms with Crippen LogP contribution < -0.4 is 10.6 Å². The van der Waals surface area contributed by atoms with Crippen LogP contribution in [0.15, 0.2) is 48.5 Å². The van der Waals surface area contributed by atoms with Crippen molar-refractivity contribution in [3.05, 3.63) is 53.6 Å². The van der Waals surface area contributed by atoms with Gasteiger partial charge in [-0.05, 0) is 53.6 Å². The van der Waals surface area contributed by atoms with Crippen molar-refractivity contribution in [2.24, 2.45) is 0 Å². The number of hydrogen-bond acceptors (Lipinski definition) is 5. The SMILES string of the molecule is O=C(CNc1cccc(-c2nnnn2C2CC2)c1)Nc1cccc(Cl)c1. The molecular weight excluding hydrogens is 352 g/mol. The van der Waals surface area contributed by atoms with E-state index in [-0.39, 0.29) is 12.5 Å². The molecule has 1 amide bonds. The minimum Gasteiger partial charge on any atom is -0.376 e. The standard InChI is InChI=1S/C18H17ClN6O/c19-13-4-2-6-15(10-13)21-17(26)11-20-14-5-1-3-12(9-14)18-22-23-24-25(18)16-7-8-16/h1-6,9-10,16,20H,7-8,11H2,(H,21,26). The molecule has 7 nitrogen and oxygen atoms in total. The van der Waals surface area contributed by atoms with Crippen LogP contribution in [-0.2, 0) is 4.79 Å². The molecule has 1 aliphatic carbocycles. The molecule has 26 heavy (non-hydrogen) atoms. The smallest absolute Gasteiger partial charge is 0.243 e. The molecule has 1 heterocycles. The lowest BCUT2D eigenvalue weighted by molar-refractivity contribution is -0.114. The number of hydrogen-bond donors (Lipinski definition) is 2. The fourth-order valence-electron chi connectivity index (χ4n) is 2.67. The fraction of sp³-hybridized carbons (Fsp3) is 0.222. The lowest BCUT2D eigenvalue weighted by atomic mass is 10.2. The molecule has 1 aromatic heterocycles. The molecule has 3 aromatic rings. The Morgan fingerprint density at radius 1 is 1.15 bits per heavy atom. The van der Waals surface area contributed by atoms with Crippen LogP contribution in [0.2, 0.25) is 5.02 Å². The number of anilines is 2. The van der Waals surface area contributed by atoms with Crippen LogP contribution in [0.25, 0.3) is 11.4 Å². The maximum Gasteiger partial charge on any atom is 0.243 e. The third-order valence-corrected chi connectivity index (χ3v) is 4.30. The molecule has 0 unspecified atom stereocenters. The zero-order valence-corrected chi connectivity index (χ0v) is 14.6. The number of aromatic nitrogens is 4. The Bertz CT molecular complexity index is 937. The number of tetrazole rings is 1. The van der Waals surface area contributed by atoms with Crippen molar-refractivity contribution in [3.63, 3.8) is 0 Å². The van der Waals surface area contributed by atoms with Gasteiger partial charge in [0, 0.05) is 22.0 Å². The van der Waals surface area contributed by atoms with Crippen LogP contribution in [0.3, 0.4) is 0 Å². The van der Waals surface area contributed by atoms with Gasteiger partial charge in [0.15, 0.2) is 5.82 Å². The predicted molar refractivity (Wildman–Crippen MR) is 100 cm³/mol. The summed E-state index contributed by atoms with van der Waals surface area (Å²) in [6, 6.07) is 15.2. The Labute approximate surface area is 155 Å². The van der Waals surface area contributed by atoms with Gasteiger partial charge in [0.1, 0.15) is 0 Å². The molecule has 0 atom stereocenters. The number of carbonyl (C=O) groups excluding carboxylic acids is 1. The Hall–Kier alpha value is -2.93. The van der Waals surface area contributed by atoms with Gasteiger partial charge in [0.05, 0.1) is 12.6 Å². The van der Waals surface area contributed by atoms with Gasteiger partial charge in [-0.1, -0.05) is 29.8 Å². The summed E-state index contributed by atoms with van der Waals surface area (Å²) < 4.78 is 1.87. The Balaban J connectivity index is 1.41. The number of carbonyl (C=O) groups is 1. The van der Waals surface area contributed by atoms with Crippen LogP contribution in [0.1, 0.15) is 18.9 Å². The summed E-state index contributed by atoms with van der Waals surface area (Å²) in [7, 11) is 0. The summed E-state index contributed by atoms with van der Waals surface area (Å²) in [5.41, 5.74) is 2.41. The zero-order chi connectivity index (χ0) is 17.9. The topological polar surface area (TPSA) is 84.7 Å². The van der Waals surface area contributed by atoms with E-state index in [1.54, 1.807) is 24.3 Å². The second-order valence-corrected chi connectivity index (χ2v) is 6.61. The summed E-state index contributed by atoms with van der Waals surface area (Å²) in [6.45, 7) is 0.142. The summed E-state index contributed by atoms with van der Waals surface area (Å²) in [4.78, 5) is 12.1. The molecule has 2 aromatic carbocycles. The summed E-state index contributed by atoms with van der Waals surface area (Å²) in [5, 5.41) is 18.5. The highest BCUT2D eigenvalue weighted by Gasteiger charge is 2.28. The van der Waals surface area contributed by atoms with E-state index in [2.05, 4.69) is 26.2 Å². The molecular formula is C18H17ClN6O. The second-order valence-electron chi connectivity index (χ2n) is 6.17. The second kappa shape index (κ2) is 7.13. The van der Waals surface area contributed by atoms with Crippen LogP contribution in [0.5, 0.6) is 0 Å². The molecule has 1 fully saturated rings. The highest BCUT2D eigenvalue weighted by molar-refractivity contribution is 6.30. The minimum atomic E-state index is -0.152. The molecule has 0 radical (unpaired) electrons. The average molecular weight is 369 g/mol. The van der Waals surface area contributed by atoms with E-state index in [9.17, 15) is 4.79 Å². The Kier molecular flexibility index (Phi) is 4.53. The van der Waals surface area contributed by atoms with Gasteiger partial charge in [-0.25, -0.2) is 4.68 Å². The first-order valence-corrected chi connectivity index (χ1v) is 8.74. The summed E-state index contributed by atoms with van der Waals surface area (Å²) >= 11 is 5.92. The first-order valence-electron chi connectivity index (χ1n) is 8.36. The molecule has 0 spiro atoms. The van der Waals surface area contributed by atoms with Gasteiger partial charge < -0.3 is 10.6 Å². The van der Waals surface area contributed by atoms with E-state index in [1.165, 1.54) is 0 Å². The highest BCUT2D eigenvalue weighted by Crippen LogP contribution is 2.36. The van der Waals surface area contributed by atoms with Crippen LogP contribution in [0, 0.1) is 0 Å². The molecule has 0 saturated heterocycles. The lowest BCUT2D eigenvalue weighted by Crippen LogP contribution is -2.21. The van der Waals surface area contributed by atoms with E-state index in [0.717, 1.165) is 29.9 Å². The van der Waals surface area contributed by atoms with Gasteiger partial charge in [0.25, 0.3) is 0 Å². The molecule has 1 saturated carbocycles. The van der Waals surface area contributed by atoms with E-state index < -0.39 is 0 Å². The largest absolute Gasteiger partial charge is 0.376 e.